The third-order valence-electron chi connectivity index (χ3n) is 6.61. The Morgan fingerprint density at radius 1 is 1.17 bits per heavy atom. The molecule has 0 radical (unpaired) electrons. The number of hydrogen-bond donors (Lipinski definition) is 1. The largest absolute Gasteiger partial charge is 0.341 e. The van der Waals surface area contributed by atoms with Crippen LogP contribution in [0.25, 0.3) is 10.9 Å². The van der Waals surface area contributed by atoms with Crippen LogP contribution in [0.3, 0.4) is 0 Å². The highest BCUT2D eigenvalue weighted by atomic mass is 32.2. The molecule has 7 nitrogen and oxygen atoms in total. The van der Waals surface area contributed by atoms with Gasteiger partial charge in [0.1, 0.15) is 11.9 Å². The standard InChI is InChI=1S/C25H25FN4O3S2.H2/c1-17(30-15-11-21-22(26)3-2-4-23(21)30)24(31)29-13-9-19(10-14-29)18-5-7-20(8-6-18)35(32,33)28-25-27-12-16-34-25;/h2-8,11-12,15-17,19H,9-10,13-14H2,1H3,(H,27,28);1H/t17-;/m0./s1. The van der Waals surface area contributed by atoms with Crippen molar-refractivity contribution in [2.45, 2.75) is 36.6 Å². The zero-order valence-electron chi connectivity index (χ0n) is 19.1. The van der Waals surface area contributed by atoms with Crippen LogP contribution in [0.2, 0.25) is 0 Å². The molecule has 1 fully saturated rings. The third kappa shape index (κ3) is 4.68. The molecule has 10 heteroatoms. The van der Waals surface area contributed by atoms with Gasteiger partial charge in [-0.05, 0) is 61.6 Å². The predicted molar refractivity (Wildman–Crippen MR) is 137 cm³/mol. The van der Waals surface area contributed by atoms with Crippen molar-refractivity contribution in [3.8, 4) is 0 Å². The van der Waals surface area contributed by atoms with Crippen LogP contribution in [0.15, 0.2) is 71.2 Å². The molecule has 1 atom stereocenters. The molecule has 184 valence electrons. The number of halogens is 1. The normalized spacial score (nSPS) is 15.9. The Bertz CT molecular complexity index is 1450. The number of likely N-dealkylation sites (tertiary alicyclic amines) is 1. The summed E-state index contributed by atoms with van der Waals surface area (Å²) in [6.07, 6.45) is 4.90. The van der Waals surface area contributed by atoms with E-state index in [1.54, 1.807) is 42.0 Å². The molecule has 0 spiro atoms. The summed E-state index contributed by atoms with van der Waals surface area (Å²) >= 11 is 1.22. The van der Waals surface area contributed by atoms with E-state index in [4.69, 9.17) is 0 Å². The van der Waals surface area contributed by atoms with Crippen LogP contribution in [-0.2, 0) is 14.8 Å². The minimum Gasteiger partial charge on any atom is -0.341 e. The minimum atomic E-state index is -3.68. The van der Waals surface area contributed by atoms with Crippen LogP contribution in [0.5, 0.6) is 0 Å². The Morgan fingerprint density at radius 2 is 1.91 bits per heavy atom. The fourth-order valence-electron chi connectivity index (χ4n) is 4.67. The molecule has 35 heavy (non-hydrogen) atoms. The molecule has 0 unspecified atom stereocenters. The van der Waals surface area contributed by atoms with Crippen molar-refractivity contribution in [1.82, 2.24) is 14.5 Å². The molecule has 0 bridgehead atoms. The SMILES string of the molecule is C[C@@H](C(=O)N1CCC(c2ccc(S(=O)(=O)Nc3nccs3)cc2)CC1)n1ccc2c(F)cccc21.[HH]. The van der Waals surface area contributed by atoms with Gasteiger partial charge in [0.25, 0.3) is 10.0 Å². The molecule has 5 rings (SSSR count). The molecule has 1 amide bonds. The Balaban J connectivity index is 0.00000304. The summed E-state index contributed by atoms with van der Waals surface area (Å²) in [6, 6.07) is 13.1. The highest BCUT2D eigenvalue weighted by Crippen LogP contribution is 2.31. The molecule has 4 aromatic rings. The molecule has 2 aromatic carbocycles. The number of hydrogen-bond acceptors (Lipinski definition) is 5. The lowest BCUT2D eigenvalue weighted by Crippen LogP contribution is -2.41. The summed E-state index contributed by atoms with van der Waals surface area (Å²) in [5, 5.41) is 2.55. The Hall–Kier alpha value is -3.24. The van der Waals surface area contributed by atoms with Gasteiger partial charge in [-0.15, -0.1) is 11.3 Å². The first-order valence-electron chi connectivity index (χ1n) is 11.4. The average Bonchev–Trinajstić information content (AvgIpc) is 3.54. The smallest absolute Gasteiger partial charge is 0.263 e. The molecule has 3 heterocycles. The lowest BCUT2D eigenvalue weighted by Gasteiger charge is -2.34. The second-order valence-corrected chi connectivity index (χ2v) is 11.3. The van der Waals surface area contributed by atoms with Crippen LogP contribution in [0.4, 0.5) is 9.52 Å². The van der Waals surface area contributed by atoms with Gasteiger partial charge in [-0.2, -0.15) is 0 Å². The number of amides is 1. The van der Waals surface area contributed by atoms with E-state index >= 15 is 0 Å². The Kier molecular flexibility index (Phi) is 6.33. The van der Waals surface area contributed by atoms with Crippen molar-refractivity contribution in [2.24, 2.45) is 0 Å². The maximum Gasteiger partial charge on any atom is 0.263 e. The number of carbonyl (C=O) groups is 1. The van der Waals surface area contributed by atoms with Crippen molar-refractivity contribution >= 4 is 43.3 Å². The van der Waals surface area contributed by atoms with E-state index < -0.39 is 16.1 Å². The van der Waals surface area contributed by atoms with Crippen LogP contribution >= 0.6 is 11.3 Å². The second kappa shape index (κ2) is 9.43. The van der Waals surface area contributed by atoms with Gasteiger partial charge in [0.15, 0.2) is 5.13 Å². The first-order valence-corrected chi connectivity index (χ1v) is 13.8. The van der Waals surface area contributed by atoms with Crippen molar-refractivity contribution in [3.63, 3.8) is 0 Å². The van der Waals surface area contributed by atoms with Crippen molar-refractivity contribution < 1.29 is 19.0 Å². The van der Waals surface area contributed by atoms with E-state index in [2.05, 4.69) is 9.71 Å². The Morgan fingerprint density at radius 3 is 2.60 bits per heavy atom. The number of sulfonamides is 1. The van der Waals surface area contributed by atoms with E-state index in [1.807, 2.05) is 34.6 Å². The second-order valence-electron chi connectivity index (χ2n) is 8.68. The maximum atomic E-state index is 14.0. The number of thiazole rings is 1. The summed E-state index contributed by atoms with van der Waals surface area (Å²) in [5.74, 6) is -0.0287. The number of nitrogens with zero attached hydrogens (tertiary/aromatic N) is 3. The number of benzene rings is 2. The van der Waals surface area contributed by atoms with Gasteiger partial charge in [0, 0.05) is 37.7 Å². The van der Waals surface area contributed by atoms with Gasteiger partial charge in [0.2, 0.25) is 5.91 Å². The molecule has 2 aromatic heterocycles. The molecule has 1 saturated heterocycles. The van der Waals surface area contributed by atoms with Crippen LogP contribution in [0, 0.1) is 5.82 Å². The lowest BCUT2D eigenvalue weighted by molar-refractivity contribution is -0.135. The van der Waals surface area contributed by atoms with Gasteiger partial charge in [-0.1, -0.05) is 18.2 Å². The molecule has 0 aliphatic carbocycles. The van der Waals surface area contributed by atoms with Crippen LogP contribution in [0.1, 0.15) is 38.7 Å². The molecule has 1 aliphatic heterocycles. The van der Waals surface area contributed by atoms with Gasteiger partial charge in [0.05, 0.1) is 10.4 Å². The number of rotatable bonds is 6. The summed E-state index contributed by atoms with van der Waals surface area (Å²) in [7, 11) is -3.68. The van der Waals surface area contributed by atoms with Crippen LogP contribution < -0.4 is 4.72 Å². The first-order chi connectivity index (χ1) is 16.8. The third-order valence-corrected chi connectivity index (χ3v) is 8.78. The molecule has 0 saturated carbocycles. The highest BCUT2D eigenvalue weighted by molar-refractivity contribution is 7.93. The van der Waals surface area contributed by atoms with E-state index in [1.165, 1.54) is 17.4 Å². The molecular weight excluding hydrogens is 487 g/mol. The van der Waals surface area contributed by atoms with Gasteiger partial charge in [-0.3, -0.25) is 9.52 Å². The minimum absolute atomic E-state index is 0. The molecule has 1 aliphatic rings. The fraction of sp³-hybridized carbons (Fsp3) is 0.280. The van der Waals surface area contributed by atoms with Crippen molar-refractivity contribution in [3.05, 3.63) is 77.7 Å². The summed E-state index contributed by atoms with van der Waals surface area (Å²) in [5.41, 5.74) is 1.77. The van der Waals surface area contributed by atoms with Crippen LogP contribution in [-0.4, -0.2) is 41.9 Å². The van der Waals surface area contributed by atoms with Gasteiger partial charge < -0.3 is 9.47 Å². The summed E-state index contributed by atoms with van der Waals surface area (Å²) < 4.78 is 43.5. The summed E-state index contributed by atoms with van der Waals surface area (Å²) in [6.45, 7) is 3.08. The van der Waals surface area contributed by atoms with E-state index in [9.17, 15) is 17.6 Å². The van der Waals surface area contributed by atoms with Gasteiger partial charge >= 0.3 is 0 Å². The van der Waals surface area contributed by atoms with E-state index in [-0.39, 0.29) is 24.0 Å². The number of anilines is 1. The quantitative estimate of drug-likeness (QED) is 0.381. The first kappa shape index (κ1) is 23.5. The fourth-order valence-corrected chi connectivity index (χ4v) is 6.46. The zero-order valence-corrected chi connectivity index (χ0v) is 20.7. The lowest BCUT2D eigenvalue weighted by atomic mass is 9.89. The maximum absolute atomic E-state index is 14.0. The Labute approximate surface area is 208 Å². The van der Waals surface area contributed by atoms with E-state index in [0.29, 0.717) is 29.1 Å². The van der Waals surface area contributed by atoms with Crippen molar-refractivity contribution in [1.29, 1.82) is 0 Å². The molecule has 1 N–H and O–H groups in total. The monoisotopic (exact) mass is 514 g/mol. The summed E-state index contributed by atoms with van der Waals surface area (Å²) in [4.78, 5) is 19.2. The number of piperidine rings is 1. The van der Waals surface area contributed by atoms with Gasteiger partial charge in [-0.25, -0.2) is 17.8 Å². The number of aromatic nitrogens is 2. The predicted octanol–water partition coefficient (Wildman–Crippen LogP) is 5.25. The highest BCUT2D eigenvalue weighted by Gasteiger charge is 2.28. The zero-order chi connectivity index (χ0) is 24.6. The topological polar surface area (TPSA) is 84.3 Å². The molecular formula is C25H27FN4O3S2. The number of carbonyl (C=O) groups excluding carboxylic acids is 1. The van der Waals surface area contributed by atoms with E-state index in [0.717, 1.165) is 18.4 Å². The number of fused-ring (bicyclic) bond motifs is 1. The number of nitrogens with one attached hydrogen (secondary N) is 1. The van der Waals surface area contributed by atoms with Crippen molar-refractivity contribution in [2.75, 3.05) is 17.8 Å². The average molecular weight is 515 g/mol.